The summed E-state index contributed by atoms with van der Waals surface area (Å²) in [6.07, 6.45) is -1.49. The third kappa shape index (κ3) is 3.32. The molecule has 0 bridgehead atoms. The predicted molar refractivity (Wildman–Crippen MR) is 61.0 cm³/mol. The van der Waals surface area contributed by atoms with Crippen LogP contribution in [-0.2, 0) is 4.74 Å². The van der Waals surface area contributed by atoms with E-state index in [2.05, 4.69) is 0 Å². The second kappa shape index (κ2) is 4.52. The first-order chi connectivity index (χ1) is 7.68. The number of hydrogen-bond donors (Lipinski definition) is 0. The Labute approximate surface area is 101 Å². The van der Waals surface area contributed by atoms with E-state index in [-0.39, 0.29) is 13.0 Å². The van der Waals surface area contributed by atoms with Crippen molar-refractivity contribution < 1.29 is 13.9 Å². The largest absolute Gasteiger partial charge is 0.444 e. The lowest BCUT2D eigenvalue weighted by Gasteiger charge is -2.38. The molecule has 0 spiro atoms. The number of piperidine rings is 1. The number of carbonyl (C=O) groups is 1. The Balaban J connectivity index is 2.70. The molecule has 2 unspecified atom stereocenters. The molecule has 1 fully saturated rings. The van der Waals surface area contributed by atoms with Crippen LogP contribution in [0.15, 0.2) is 0 Å². The Bertz CT molecular complexity index is 345. The SMILES string of the molecule is CC(C)(C)OC(=O)N1CCC(F)C(C)(C#N)C1. The molecule has 0 N–H and O–H groups in total. The zero-order valence-electron chi connectivity index (χ0n) is 10.8. The molecular weight excluding hydrogens is 223 g/mol. The number of alkyl halides is 1. The van der Waals surface area contributed by atoms with Gasteiger partial charge in [-0.1, -0.05) is 0 Å². The van der Waals surface area contributed by atoms with Crippen LogP contribution in [0.2, 0.25) is 0 Å². The highest BCUT2D eigenvalue weighted by Gasteiger charge is 2.42. The van der Waals surface area contributed by atoms with Gasteiger partial charge in [0.25, 0.3) is 0 Å². The van der Waals surface area contributed by atoms with Gasteiger partial charge in [-0.15, -0.1) is 0 Å². The summed E-state index contributed by atoms with van der Waals surface area (Å²) in [4.78, 5) is 13.2. The summed E-state index contributed by atoms with van der Waals surface area (Å²) >= 11 is 0. The minimum atomic E-state index is -1.19. The normalized spacial score (nSPS) is 29.6. The number of hydrogen-bond acceptors (Lipinski definition) is 3. The molecule has 2 atom stereocenters. The van der Waals surface area contributed by atoms with Gasteiger partial charge in [-0.25, -0.2) is 9.18 Å². The Morgan fingerprint density at radius 2 is 2.18 bits per heavy atom. The first-order valence-corrected chi connectivity index (χ1v) is 5.71. The van der Waals surface area contributed by atoms with E-state index in [0.717, 1.165) is 0 Å². The fourth-order valence-corrected chi connectivity index (χ4v) is 1.75. The molecule has 1 saturated heterocycles. The molecule has 1 aliphatic heterocycles. The maximum Gasteiger partial charge on any atom is 0.410 e. The molecule has 0 aromatic heterocycles. The third-order valence-corrected chi connectivity index (χ3v) is 2.77. The summed E-state index contributed by atoms with van der Waals surface area (Å²) in [5, 5.41) is 8.98. The van der Waals surface area contributed by atoms with Gasteiger partial charge in [0, 0.05) is 13.1 Å². The zero-order chi connectivity index (χ0) is 13.3. The van der Waals surface area contributed by atoms with Gasteiger partial charge in [-0.3, -0.25) is 0 Å². The van der Waals surface area contributed by atoms with E-state index in [9.17, 15) is 9.18 Å². The maximum absolute atomic E-state index is 13.6. The monoisotopic (exact) mass is 242 g/mol. The van der Waals surface area contributed by atoms with E-state index in [4.69, 9.17) is 10.00 Å². The van der Waals surface area contributed by atoms with Crippen LogP contribution in [0.4, 0.5) is 9.18 Å². The molecule has 1 rings (SSSR count). The van der Waals surface area contributed by atoms with Crippen LogP contribution >= 0.6 is 0 Å². The number of rotatable bonds is 0. The van der Waals surface area contributed by atoms with Gasteiger partial charge in [0.15, 0.2) is 0 Å². The summed E-state index contributed by atoms with van der Waals surface area (Å²) in [6.45, 7) is 7.24. The molecule has 96 valence electrons. The molecule has 17 heavy (non-hydrogen) atoms. The number of halogens is 1. The molecule has 0 aromatic carbocycles. The van der Waals surface area contributed by atoms with E-state index in [1.807, 2.05) is 6.07 Å². The summed E-state index contributed by atoms with van der Waals surface area (Å²) < 4.78 is 18.8. The van der Waals surface area contributed by atoms with Crippen molar-refractivity contribution in [1.82, 2.24) is 4.90 Å². The average molecular weight is 242 g/mol. The minimum Gasteiger partial charge on any atom is -0.444 e. The van der Waals surface area contributed by atoms with Crippen molar-refractivity contribution in [3.05, 3.63) is 0 Å². The number of amides is 1. The quantitative estimate of drug-likeness (QED) is 0.655. The van der Waals surface area contributed by atoms with E-state index in [0.29, 0.717) is 6.54 Å². The lowest BCUT2D eigenvalue weighted by atomic mass is 9.82. The average Bonchev–Trinajstić information content (AvgIpc) is 2.19. The summed E-state index contributed by atoms with van der Waals surface area (Å²) in [5.41, 5.74) is -1.71. The van der Waals surface area contributed by atoms with Crippen LogP contribution in [0.5, 0.6) is 0 Å². The molecule has 0 aliphatic carbocycles. The Morgan fingerprint density at radius 1 is 1.59 bits per heavy atom. The minimum absolute atomic E-state index is 0.0829. The highest BCUT2D eigenvalue weighted by molar-refractivity contribution is 5.68. The van der Waals surface area contributed by atoms with Gasteiger partial charge in [-0.2, -0.15) is 5.26 Å². The molecule has 5 heteroatoms. The fourth-order valence-electron chi connectivity index (χ4n) is 1.75. The Hall–Kier alpha value is -1.31. The van der Waals surface area contributed by atoms with Crippen LogP contribution in [0.25, 0.3) is 0 Å². The summed E-state index contributed by atoms with van der Waals surface area (Å²) in [7, 11) is 0. The van der Waals surface area contributed by atoms with Gasteiger partial charge < -0.3 is 9.64 Å². The van der Waals surface area contributed by atoms with E-state index in [1.54, 1.807) is 20.8 Å². The van der Waals surface area contributed by atoms with E-state index < -0.39 is 23.3 Å². The molecule has 0 aromatic rings. The molecule has 1 aliphatic rings. The van der Waals surface area contributed by atoms with Gasteiger partial charge in [0.05, 0.1) is 6.07 Å². The van der Waals surface area contributed by atoms with Gasteiger partial charge >= 0.3 is 6.09 Å². The van der Waals surface area contributed by atoms with Crippen LogP contribution in [0.3, 0.4) is 0 Å². The van der Waals surface area contributed by atoms with Crippen molar-refractivity contribution in [3.63, 3.8) is 0 Å². The second-order valence-corrected chi connectivity index (χ2v) is 5.69. The first kappa shape index (κ1) is 13.8. The smallest absolute Gasteiger partial charge is 0.410 e. The number of likely N-dealkylation sites (tertiary alicyclic amines) is 1. The van der Waals surface area contributed by atoms with Gasteiger partial charge in [0.2, 0.25) is 0 Å². The zero-order valence-corrected chi connectivity index (χ0v) is 10.8. The molecule has 0 saturated carbocycles. The molecule has 0 radical (unpaired) electrons. The van der Waals surface area contributed by atoms with E-state index in [1.165, 1.54) is 11.8 Å². The highest BCUT2D eigenvalue weighted by Crippen LogP contribution is 2.32. The van der Waals surface area contributed by atoms with Crippen molar-refractivity contribution in [2.24, 2.45) is 5.41 Å². The number of nitrogens with zero attached hydrogens (tertiary/aromatic N) is 2. The van der Waals surface area contributed by atoms with Crippen molar-refractivity contribution in [2.45, 2.75) is 45.9 Å². The van der Waals surface area contributed by atoms with Crippen molar-refractivity contribution in [3.8, 4) is 6.07 Å². The van der Waals surface area contributed by atoms with Crippen LogP contribution in [0.1, 0.15) is 34.1 Å². The topological polar surface area (TPSA) is 53.3 Å². The predicted octanol–water partition coefficient (Wildman–Crippen LogP) is 2.50. The molecular formula is C12H19FN2O2. The standard InChI is InChI=1S/C12H19FN2O2/c1-11(2,3)17-10(16)15-6-5-9(13)12(4,7-14)8-15/h9H,5-6,8H2,1-4H3. The van der Waals surface area contributed by atoms with Crippen LogP contribution < -0.4 is 0 Å². The molecule has 1 heterocycles. The Morgan fingerprint density at radius 3 is 2.65 bits per heavy atom. The third-order valence-electron chi connectivity index (χ3n) is 2.77. The Kier molecular flexibility index (Phi) is 3.65. The molecule has 1 amide bonds. The second-order valence-electron chi connectivity index (χ2n) is 5.69. The van der Waals surface area contributed by atoms with Gasteiger partial charge in [0.1, 0.15) is 17.2 Å². The molecule has 4 nitrogen and oxygen atoms in total. The fraction of sp³-hybridized carbons (Fsp3) is 0.833. The number of nitriles is 1. The number of ether oxygens (including phenoxy) is 1. The summed E-state index contributed by atoms with van der Waals surface area (Å²) in [6, 6.07) is 1.95. The maximum atomic E-state index is 13.6. The lowest BCUT2D eigenvalue weighted by molar-refractivity contribution is -0.00219. The van der Waals surface area contributed by atoms with Gasteiger partial charge in [-0.05, 0) is 34.1 Å². The van der Waals surface area contributed by atoms with E-state index >= 15 is 0 Å². The first-order valence-electron chi connectivity index (χ1n) is 5.71. The summed E-state index contributed by atoms with van der Waals surface area (Å²) in [5.74, 6) is 0. The van der Waals surface area contributed by atoms with Crippen molar-refractivity contribution in [2.75, 3.05) is 13.1 Å². The van der Waals surface area contributed by atoms with Crippen LogP contribution in [-0.4, -0.2) is 35.9 Å². The lowest BCUT2D eigenvalue weighted by Crippen LogP contribution is -2.51. The highest BCUT2D eigenvalue weighted by atomic mass is 19.1. The number of carbonyl (C=O) groups excluding carboxylic acids is 1. The van der Waals surface area contributed by atoms with Crippen LogP contribution in [0, 0.1) is 16.7 Å². The van der Waals surface area contributed by atoms with Crippen molar-refractivity contribution >= 4 is 6.09 Å². The van der Waals surface area contributed by atoms with Crippen molar-refractivity contribution in [1.29, 1.82) is 5.26 Å².